The fraction of sp³-hybridized carbons (Fsp3) is 0.250. The van der Waals surface area contributed by atoms with Crippen LogP contribution in [0.2, 0.25) is 0 Å². The number of rotatable bonds is 10. The van der Waals surface area contributed by atoms with Gasteiger partial charge in [-0.1, -0.05) is 6.08 Å². The van der Waals surface area contributed by atoms with Crippen molar-refractivity contribution in [2.45, 2.75) is 17.9 Å². The summed E-state index contributed by atoms with van der Waals surface area (Å²) in [6.45, 7) is 5.34. The highest BCUT2D eigenvalue weighted by Crippen LogP contribution is 2.32. The quantitative estimate of drug-likeness (QED) is 0.483. The molecular weight excluding hydrogens is 476 g/mol. The fourth-order valence-electron chi connectivity index (χ4n) is 2.44. The summed E-state index contributed by atoms with van der Waals surface area (Å²) in [5.74, 6) is 0.273. The normalized spacial score (nSPS) is 12.0. The number of hydrogen-bond acceptors (Lipinski definition) is 6. The lowest BCUT2D eigenvalue weighted by Crippen LogP contribution is -2.28. The topological polar surface area (TPSA) is 103 Å². The second-order valence-corrected chi connectivity index (χ2v) is 8.58. The van der Waals surface area contributed by atoms with Gasteiger partial charge in [0.05, 0.1) is 31.0 Å². The van der Waals surface area contributed by atoms with E-state index in [2.05, 4.69) is 32.5 Å². The van der Waals surface area contributed by atoms with Gasteiger partial charge in [-0.05, 0) is 59.3 Å². The molecule has 0 aromatic heterocycles. The van der Waals surface area contributed by atoms with Crippen LogP contribution >= 0.6 is 15.9 Å². The van der Waals surface area contributed by atoms with Gasteiger partial charge in [-0.2, -0.15) is 0 Å². The highest BCUT2D eigenvalue weighted by molar-refractivity contribution is 9.10. The molecule has 0 spiro atoms. The van der Waals surface area contributed by atoms with Crippen LogP contribution in [0, 0.1) is 0 Å². The zero-order valence-corrected chi connectivity index (χ0v) is 19.2. The molecule has 30 heavy (non-hydrogen) atoms. The Morgan fingerprint density at radius 3 is 2.37 bits per heavy atom. The first-order chi connectivity index (χ1) is 14.2. The molecule has 0 fully saturated rings. The zero-order chi connectivity index (χ0) is 22.3. The van der Waals surface area contributed by atoms with Gasteiger partial charge in [-0.15, -0.1) is 6.58 Å². The number of anilines is 2. The average molecular weight is 499 g/mol. The van der Waals surface area contributed by atoms with Crippen molar-refractivity contribution in [1.82, 2.24) is 0 Å². The van der Waals surface area contributed by atoms with Crippen LogP contribution in [0.3, 0.4) is 0 Å². The smallest absolute Gasteiger partial charge is 0.265 e. The number of carbonyl (C=O) groups is 1. The Balaban J connectivity index is 2.30. The number of ether oxygens (including phenoxy) is 3. The minimum atomic E-state index is -4.02. The van der Waals surface area contributed by atoms with E-state index >= 15 is 0 Å². The lowest BCUT2D eigenvalue weighted by atomic mass is 10.2. The third-order valence-corrected chi connectivity index (χ3v) is 5.98. The lowest BCUT2D eigenvalue weighted by Gasteiger charge is -2.16. The van der Waals surface area contributed by atoms with Crippen LogP contribution < -0.4 is 19.5 Å². The summed E-state index contributed by atoms with van der Waals surface area (Å²) >= 11 is 3.32. The van der Waals surface area contributed by atoms with E-state index in [-0.39, 0.29) is 22.9 Å². The second kappa shape index (κ2) is 10.5. The van der Waals surface area contributed by atoms with Crippen molar-refractivity contribution in [2.75, 3.05) is 30.9 Å². The van der Waals surface area contributed by atoms with E-state index in [9.17, 15) is 13.2 Å². The zero-order valence-electron chi connectivity index (χ0n) is 16.8. The first kappa shape index (κ1) is 23.7. The molecule has 0 radical (unpaired) electrons. The number of carbonyl (C=O) groups excluding carboxylic acids is 1. The molecule has 162 valence electrons. The highest BCUT2D eigenvalue weighted by atomic mass is 79.9. The third-order valence-electron chi connectivity index (χ3n) is 3.96. The minimum Gasteiger partial charge on any atom is -0.496 e. The summed E-state index contributed by atoms with van der Waals surface area (Å²) in [4.78, 5) is 12.1. The van der Waals surface area contributed by atoms with E-state index in [4.69, 9.17) is 14.2 Å². The molecule has 0 aliphatic rings. The van der Waals surface area contributed by atoms with Gasteiger partial charge >= 0.3 is 0 Å². The SMILES string of the molecule is C=CCOC(C)C(=O)Nc1ccc(OC)c(S(=O)(=O)Nc2ccc(OC)c(Br)c2)c1. The van der Waals surface area contributed by atoms with Crippen molar-refractivity contribution < 1.29 is 27.4 Å². The maximum atomic E-state index is 13.0. The third kappa shape index (κ3) is 5.97. The van der Waals surface area contributed by atoms with Gasteiger partial charge in [-0.3, -0.25) is 9.52 Å². The van der Waals surface area contributed by atoms with Crippen LogP contribution in [-0.4, -0.2) is 41.3 Å². The van der Waals surface area contributed by atoms with Gasteiger partial charge in [0, 0.05) is 5.69 Å². The van der Waals surface area contributed by atoms with Crippen LogP contribution in [-0.2, 0) is 19.6 Å². The van der Waals surface area contributed by atoms with Crippen molar-refractivity contribution in [1.29, 1.82) is 0 Å². The Morgan fingerprint density at radius 2 is 1.77 bits per heavy atom. The number of nitrogens with one attached hydrogen (secondary N) is 2. The van der Waals surface area contributed by atoms with Gasteiger partial charge in [0.25, 0.3) is 15.9 Å². The maximum Gasteiger partial charge on any atom is 0.265 e. The van der Waals surface area contributed by atoms with E-state index in [0.717, 1.165) is 0 Å². The number of halogens is 1. The van der Waals surface area contributed by atoms with E-state index in [1.54, 1.807) is 31.2 Å². The van der Waals surface area contributed by atoms with Gasteiger partial charge in [-0.25, -0.2) is 8.42 Å². The van der Waals surface area contributed by atoms with Crippen LogP contribution in [0.1, 0.15) is 6.92 Å². The molecule has 0 saturated carbocycles. The number of sulfonamides is 1. The molecule has 0 saturated heterocycles. The van der Waals surface area contributed by atoms with Gasteiger partial charge in [0.1, 0.15) is 22.5 Å². The molecule has 1 amide bonds. The monoisotopic (exact) mass is 498 g/mol. The molecule has 0 aliphatic carbocycles. The molecule has 2 N–H and O–H groups in total. The second-order valence-electron chi connectivity index (χ2n) is 6.07. The molecule has 1 unspecified atom stereocenters. The van der Waals surface area contributed by atoms with Crippen molar-refractivity contribution in [3.05, 3.63) is 53.5 Å². The Morgan fingerprint density at radius 1 is 1.13 bits per heavy atom. The standard InChI is InChI=1S/C20H23BrN2O6S/c1-5-10-29-13(2)20(24)22-14-6-9-18(28-4)19(12-14)30(25,26)23-15-7-8-17(27-3)16(21)11-15/h5-9,11-13,23H,1,10H2,2-4H3,(H,22,24). The average Bonchev–Trinajstić information content (AvgIpc) is 2.71. The van der Waals surface area contributed by atoms with Crippen molar-refractivity contribution >= 4 is 43.2 Å². The van der Waals surface area contributed by atoms with Crippen LogP contribution in [0.5, 0.6) is 11.5 Å². The summed E-state index contributed by atoms with van der Waals surface area (Å²) in [5.41, 5.74) is 0.608. The van der Waals surface area contributed by atoms with E-state index < -0.39 is 22.0 Å². The first-order valence-corrected chi connectivity index (χ1v) is 11.1. The number of methoxy groups -OCH3 is 2. The van der Waals surface area contributed by atoms with E-state index in [1.807, 2.05) is 0 Å². The Bertz CT molecular complexity index is 1030. The number of amides is 1. The molecule has 1 atom stereocenters. The predicted octanol–water partition coefficient (Wildman–Crippen LogP) is 3.80. The first-order valence-electron chi connectivity index (χ1n) is 8.79. The van der Waals surface area contributed by atoms with E-state index in [1.165, 1.54) is 32.4 Å². The van der Waals surface area contributed by atoms with Gasteiger partial charge < -0.3 is 19.5 Å². The van der Waals surface area contributed by atoms with Crippen LogP contribution in [0.25, 0.3) is 0 Å². The molecule has 10 heteroatoms. The predicted molar refractivity (Wildman–Crippen MR) is 119 cm³/mol. The fourth-order valence-corrected chi connectivity index (χ4v) is 4.22. The molecule has 0 heterocycles. The summed E-state index contributed by atoms with van der Waals surface area (Å²) in [7, 11) is -1.14. The number of hydrogen-bond donors (Lipinski definition) is 2. The largest absolute Gasteiger partial charge is 0.496 e. The lowest BCUT2D eigenvalue weighted by molar-refractivity contribution is -0.125. The van der Waals surface area contributed by atoms with E-state index in [0.29, 0.717) is 15.9 Å². The van der Waals surface area contributed by atoms with Crippen molar-refractivity contribution in [3.63, 3.8) is 0 Å². The molecule has 0 bridgehead atoms. The Hall–Kier alpha value is -2.56. The Labute approximate surface area is 184 Å². The molecule has 2 rings (SSSR count). The van der Waals surface area contributed by atoms with Crippen molar-refractivity contribution in [3.8, 4) is 11.5 Å². The molecule has 8 nitrogen and oxygen atoms in total. The van der Waals surface area contributed by atoms with Crippen LogP contribution in [0.4, 0.5) is 11.4 Å². The molecular formula is C20H23BrN2O6S. The summed E-state index contributed by atoms with van der Waals surface area (Å²) in [5, 5.41) is 2.63. The van der Waals surface area contributed by atoms with Gasteiger partial charge in [0.2, 0.25) is 0 Å². The van der Waals surface area contributed by atoms with Gasteiger partial charge in [0.15, 0.2) is 0 Å². The molecule has 0 aliphatic heterocycles. The van der Waals surface area contributed by atoms with Crippen molar-refractivity contribution in [2.24, 2.45) is 0 Å². The Kier molecular flexibility index (Phi) is 8.27. The summed E-state index contributed by atoms with van der Waals surface area (Å²) in [6.07, 6.45) is 0.797. The highest BCUT2D eigenvalue weighted by Gasteiger charge is 2.22. The molecule has 2 aromatic rings. The summed E-state index contributed by atoms with van der Waals surface area (Å²) in [6, 6.07) is 9.09. The van der Waals surface area contributed by atoms with Crippen LogP contribution in [0.15, 0.2) is 58.4 Å². The maximum absolute atomic E-state index is 13.0. The number of benzene rings is 2. The molecule has 2 aromatic carbocycles. The summed E-state index contributed by atoms with van der Waals surface area (Å²) < 4.78 is 44.6. The minimum absolute atomic E-state index is 0.129.